The number of aromatic nitrogens is 1. The molecule has 9 nitrogen and oxygen atoms in total. The average molecular weight is 350 g/mol. The second-order valence-corrected chi connectivity index (χ2v) is 7.19. The van der Waals surface area contributed by atoms with Gasteiger partial charge in [0.2, 0.25) is 0 Å². The number of nitrogens with zero attached hydrogens (tertiary/aromatic N) is 4. The maximum atomic E-state index is 12.3. The summed E-state index contributed by atoms with van der Waals surface area (Å²) in [4.78, 5) is 30.2. The van der Waals surface area contributed by atoms with Gasteiger partial charge in [-0.15, -0.1) is 0 Å². The summed E-state index contributed by atoms with van der Waals surface area (Å²) in [5.74, 6) is -0.185. The maximum absolute atomic E-state index is 12.3. The lowest BCUT2D eigenvalue weighted by molar-refractivity contribution is -0.389. The van der Waals surface area contributed by atoms with E-state index in [2.05, 4.69) is 9.88 Å². The van der Waals surface area contributed by atoms with Gasteiger partial charge in [0, 0.05) is 19.2 Å². The van der Waals surface area contributed by atoms with Gasteiger partial charge in [-0.05, 0) is 36.7 Å². The third kappa shape index (κ3) is 3.81. The molecule has 2 atom stereocenters. The largest absolute Gasteiger partial charge is 0.444 e. The van der Waals surface area contributed by atoms with E-state index in [4.69, 9.17) is 9.47 Å². The Bertz CT molecular complexity index is 657. The molecule has 0 bridgehead atoms. The van der Waals surface area contributed by atoms with E-state index in [1.807, 2.05) is 20.8 Å². The Balaban J connectivity index is 1.73. The number of rotatable bonds is 2. The number of morpholine rings is 1. The lowest BCUT2D eigenvalue weighted by Crippen LogP contribution is -2.51. The number of carbonyl (C=O) groups excluding carboxylic acids is 1. The molecule has 2 aliphatic rings. The Morgan fingerprint density at radius 1 is 1.40 bits per heavy atom. The standard InChI is InChI=1S/C16H22N4O5/c1-16(2,3)25-15(21)18-9-12-13(10-18)24-7-6-19(12)11-4-5-14(17-8-11)20(22)23/h4-5,8,12-13H,6-7,9-10H2,1-3H3. The van der Waals surface area contributed by atoms with Gasteiger partial charge in [-0.25, -0.2) is 4.79 Å². The molecule has 3 heterocycles. The van der Waals surface area contributed by atoms with Gasteiger partial charge in [0.05, 0.1) is 31.0 Å². The molecule has 2 aliphatic heterocycles. The Morgan fingerprint density at radius 2 is 2.16 bits per heavy atom. The lowest BCUT2D eigenvalue weighted by Gasteiger charge is -2.37. The first-order valence-corrected chi connectivity index (χ1v) is 8.21. The first-order valence-electron chi connectivity index (χ1n) is 8.21. The van der Waals surface area contributed by atoms with Crippen LogP contribution in [0.1, 0.15) is 20.8 Å². The predicted octanol–water partition coefficient (Wildman–Crippen LogP) is 1.81. The molecular formula is C16H22N4O5. The predicted molar refractivity (Wildman–Crippen MR) is 89.6 cm³/mol. The van der Waals surface area contributed by atoms with Crippen molar-refractivity contribution in [3.63, 3.8) is 0 Å². The van der Waals surface area contributed by atoms with Gasteiger partial charge in [0.1, 0.15) is 5.60 Å². The molecule has 0 N–H and O–H groups in total. The number of anilines is 1. The second kappa shape index (κ2) is 6.47. The molecule has 2 unspecified atom stereocenters. The summed E-state index contributed by atoms with van der Waals surface area (Å²) in [5.41, 5.74) is 0.239. The summed E-state index contributed by atoms with van der Waals surface area (Å²) in [5, 5.41) is 10.8. The van der Waals surface area contributed by atoms with Gasteiger partial charge in [-0.1, -0.05) is 0 Å². The Labute approximate surface area is 145 Å². The van der Waals surface area contributed by atoms with Crippen molar-refractivity contribution in [1.29, 1.82) is 0 Å². The topological polar surface area (TPSA) is 98.0 Å². The summed E-state index contributed by atoms with van der Waals surface area (Å²) in [6.07, 6.45) is 1.03. The van der Waals surface area contributed by atoms with E-state index in [1.54, 1.807) is 11.0 Å². The van der Waals surface area contributed by atoms with Crippen molar-refractivity contribution in [2.75, 3.05) is 31.1 Å². The lowest BCUT2D eigenvalue weighted by atomic mass is 10.1. The van der Waals surface area contributed by atoms with Gasteiger partial charge in [0.15, 0.2) is 6.20 Å². The highest BCUT2D eigenvalue weighted by atomic mass is 16.6. The number of carbonyl (C=O) groups is 1. The van der Waals surface area contributed by atoms with Crippen LogP contribution >= 0.6 is 0 Å². The normalized spacial score (nSPS) is 23.3. The fraction of sp³-hybridized carbons (Fsp3) is 0.625. The van der Waals surface area contributed by atoms with E-state index in [1.165, 1.54) is 12.3 Å². The number of ether oxygens (including phenoxy) is 2. The summed E-state index contributed by atoms with van der Waals surface area (Å²) in [7, 11) is 0. The molecule has 3 rings (SSSR count). The number of likely N-dealkylation sites (tertiary alicyclic amines) is 1. The van der Waals surface area contributed by atoms with Crippen molar-refractivity contribution in [3.8, 4) is 0 Å². The molecule has 1 aromatic rings. The van der Waals surface area contributed by atoms with Crippen LogP contribution in [0.2, 0.25) is 0 Å². The molecular weight excluding hydrogens is 328 g/mol. The molecule has 0 radical (unpaired) electrons. The van der Waals surface area contributed by atoms with Crippen molar-refractivity contribution in [2.24, 2.45) is 0 Å². The minimum Gasteiger partial charge on any atom is -0.444 e. The van der Waals surface area contributed by atoms with Crippen molar-refractivity contribution in [2.45, 2.75) is 38.5 Å². The highest BCUT2D eigenvalue weighted by Crippen LogP contribution is 2.29. The van der Waals surface area contributed by atoms with Crippen molar-refractivity contribution >= 4 is 17.6 Å². The molecule has 0 aromatic carbocycles. The van der Waals surface area contributed by atoms with Crippen LogP contribution in [-0.4, -0.2) is 64.9 Å². The zero-order valence-corrected chi connectivity index (χ0v) is 14.5. The molecule has 0 spiro atoms. The SMILES string of the molecule is CC(C)(C)OC(=O)N1CC2OCCN(c3ccc([N+](=O)[O-])nc3)C2C1. The van der Waals surface area contributed by atoms with Crippen LogP contribution in [0.25, 0.3) is 0 Å². The number of hydrogen-bond donors (Lipinski definition) is 0. The quantitative estimate of drug-likeness (QED) is 0.592. The van der Waals surface area contributed by atoms with Crippen molar-refractivity contribution in [1.82, 2.24) is 9.88 Å². The zero-order chi connectivity index (χ0) is 18.2. The summed E-state index contributed by atoms with van der Waals surface area (Å²) in [6, 6.07) is 3.05. The smallest absolute Gasteiger partial charge is 0.410 e. The van der Waals surface area contributed by atoms with Gasteiger partial charge in [0.25, 0.3) is 0 Å². The summed E-state index contributed by atoms with van der Waals surface area (Å²) in [6.45, 7) is 7.62. The molecule has 2 saturated heterocycles. The third-order valence-corrected chi connectivity index (χ3v) is 4.20. The van der Waals surface area contributed by atoms with Gasteiger partial charge >= 0.3 is 11.9 Å². The minimum atomic E-state index is -0.548. The van der Waals surface area contributed by atoms with Crippen LogP contribution in [0.4, 0.5) is 16.3 Å². The monoisotopic (exact) mass is 350 g/mol. The zero-order valence-electron chi connectivity index (χ0n) is 14.5. The number of fused-ring (bicyclic) bond motifs is 1. The van der Waals surface area contributed by atoms with Crippen LogP contribution in [0, 0.1) is 10.1 Å². The van der Waals surface area contributed by atoms with Crippen LogP contribution in [0.15, 0.2) is 18.3 Å². The highest BCUT2D eigenvalue weighted by Gasteiger charge is 2.43. The first-order chi connectivity index (χ1) is 11.7. The number of amides is 1. The van der Waals surface area contributed by atoms with Gasteiger partial charge < -0.3 is 29.4 Å². The third-order valence-electron chi connectivity index (χ3n) is 4.20. The fourth-order valence-electron chi connectivity index (χ4n) is 3.14. The number of pyridine rings is 1. The van der Waals surface area contributed by atoms with Crippen molar-refractivity contribution < 1.29 is 19.2 Å². The van der Waals surface area contributed by atoms with E-state index in [0.717, 1.165) is 5.69 Å². The maximum Gasteiger partial charge on any atom is 0.410 e. The van der Waals surface area contributed by atoms with Gasteiger partial charge in [-0.2, -0.15) is 0 Å². The van der Waals surface area contributed by atoms with Crippen LogP contribution in [0.5, 0.6) is 0 Å². The van der Waals surface area contributed by atoms with Gasteiger partial charge in [-0.3, -0.25) is 0 Å². The minimum absolute atomic E-state index is 0.0236. The molecule has 1 amide bonds. The molecule has 0 aliphatic carbocycles. The molecule has 0 saturated carbocycles. The van der Waals surface area contributed by atoms with Crippen LogP contribution < -0.4 is 4.90 Å². The van der Waals surface area contributed by atoms with E-state index in [0.29, 0.717) is 26.2 Å². The Kier molecular flexibility index (Phi) is 4.51. The van der Waals surface area contributed by atoms with E-state index in [-0.39, 0.29) is 24.1 Å². The summed E-state index contributed by atoms with van der Waals surface area (Å²) < 4.78 is 11.2. The number of nitro groups is 1. The molecule has 25 heavy (non-hydrogen) atoms. The van der Waals surface area contributed by atoms with Crippen molar-refractivity contribution in [3.05, 3.63) is 28.4 Å². The highest BCUT2D eigenvalue weighted by molar-refractivity contribution is 5.69. The molecule has 9 heteroatoms. The van der Waals surface area contributed by atoms with Crippen LogP contribution in [-0.2, 0) is 9.47 Å². The molecule has 136 valence electrons. The van der Waals surface area contributed by atoms with Crippen LogP contribution in [0.3, 0.4) is 0 Å². The summed E-state index contributed by atoms with van der Waals surface area (Å²) >= 11 is 0. The van der Waals surface area contributed by atoms with E-state index >= 15 is 0 Å². The molecule has 1 aromatic heterocycles. The molecule has 2 fully saturated rings. The second-order valence-electron chi connectivity index (χ2n) is 7.19. The average Bonchev–Trinajstić information content (AvgIpc) is 2.97. The Morgan fingerprint density at radius 3 is 2.76 bits per heavy atom. The van der Waals surface area contributed by atoms with E-state index < -0.39 is 10.5 Å². The Hall–Kier alpha value is -2.42. The first kappa shape index (κ1) is 17.4. The fourth-order valence-corrected chi connectivity index (χ4v) is 3.14. The number of hydrogen-bond acceptors (Lipinski definition) is 7. The van der Waals surface area contributed by atoms with E-state index in [9.17, 15) is 14.9 Å².